The van der Waals surface area contributed by atoms with Crippen molar-refractivity contribution < 1.29 is 0 Å². The van der Waals surface area contributed by atoms with Gasteiger partial charge in [0.05, 0.1) is 0 Å². The van der Waals surface area contributed by atoms with Gasteiger partial charge < -0.3 is 5.32 Å². The van der Waals surface area contributed by atoms with E-state index in [0.717, 1.165) is 12.5 Å². The lowest BCUT2D eigenvalue weighted by Gasteiger charge is -1.98. The third-order valence-corrected chi connectivity index (χ3v) is 1.24. The van der Waals surface area contributed by atoms with Gasteiger partial charge in [0.15, 0.2) is 0 Å². The number of hydrogen-bond acceptors (Lipinski definition) is 1. The van der Waals surface area contributed by atoms with E-state index in [9.17, 15) is 0 Å². The first-order valence-electron chi connectivity index (χ1n) is 4.15. The SMILES string of the molecule is CCCN/C=C\CC(C)C. The van der Waals surface area contributed by atoms with Crippen LogP contribution < -0.4 is 5.32 Å². The average molecular weight is 141 g/mol. The van der Waals surface area contributed by atoms with Crippen molar-refractivity contribution in [2.24, 2.45) is 5.92 Å². The van der Waals surface area contributed by atoms with Crippen LogP contribution in [0.2, 0.25) is 0 Å². The third kappa shape index (κ3) is 7.54. The molecule has 0 radical (unpaired) electrons. The summed E-state index contributed by atoms with van der Waals surface area (Å²) in [6.07, 6.45) is 6.63. The zero-order valence-corrected chi connectivity index (χ0v) is 7.35. The minimum absolute atomic E-state index is 0.777. The second kappa shape index (κ2) is 6.66. The van der Waals surface area contributed by atoms with E-state index in [1.807, 2.05) is 0 Å². The van der Waals surface area contributed by atoms with Crippen LogP contribution in [0.3, 0.4) is 0 Å². The summed E-state index contributed by atoms with van der Waals surface area (Å²) in [5.74, 6) is 0.777. The molecule has 1 N–H and O–H groups in total. The Morgan fingerprint density at radius 3 is 2.60 bits per heavy atom. The van der Waals surface area contributed by atoms with Crippen LogP contribution in [0.15, 0.2) is 12.3 Å². The molecule has 0 fully saturated rings. The fourth-order valence-corrected chi connectivity index (χ4v) is 0.651. The first kappa shape index (κ1) is 9.54. The molecule has 0 aliphatic carbocycles. The smallest absolute Gasteiger partial charge is 0.0138 e. The molecule has 0 aromatic rings. The molecular weight excluding hydrogens is 122 g/mol. The molecule has 0 aromatic carbocycles. The Balaban J connectivity index is 3.04. The highest BCUT2D eigenvalue weighted by atomic mass is 14.8. The van der Waals surface area contributed by atoms with Crippen molar-refractivity contribution in [3.05, 3.63) is 12.3 Å². The van der Waals surface area contributed by atoms with E-state index >= 15 is 0 Å². The van der Waals surface area contributed by atoms with Gasteiger partial charge in [-0.3, -0.25) is 0 Å². The quantitative estimate of drug-likeness (QED) is 0.580. The molecule has 0 atom stereocenters. The van der Waals surface area contributed by atoms with Crippen LogP contribution in [0.4, 0.5) is 0 Å². The van der Waals surface area contributed by atoms with Crippen molar-refractivity contribution in [1.29, 1.82) is 0 Å². The predicted molar refractivity (Wildman–Crippen MR) is 46.9 cm³/mol. The van der Waals surface area contributed by atoms with Crippen LogP contribution >= 0.6 is 0 Å². The van der Waals surface area contributed by atoms with E-state index in [1.165, 1.54) is 12.8 Å². The molecule has 0 aromatic heterocycles. The Morgan fingerprint density at radius 1 is 1.40 bits per heavy atom. The van der Waals surface area contributed by atoms with Gasteiger partial charge in [-0.25, -0.2) is 0 Å². The van der Waals surface area contributed by atoms with Gasteiger partial charge in [0.2, 0.25) is 0 Å². The standard InChI is InChI=1S/C9H19N/c1-4-7-10-8-5-6-9(2)3/h5,8-10H,4,6-7H2,1-3H3/b8-5-. The predicted octanol–water partition coefficient (Wildman–Crippen LogP) is 2.55. The summed E-state index contributed by atoms with van der Waals surface area (Å²) in [4.78, 5) is 0. The maximum absolute atomic E-state index is 3.21. The highest BCUT2D eigenvalue weighted by molar-refractivity contribution is 4.79. The summed E-state index contributed by atoms with van der Waals surface area (Å²) in [5, 5.41) is 3.21. The van der Waals surface area contributed by atoms with Gasteiger partial charge in [0.1, 0.15) is 0 Å². The summed E-state index contributed by atoms with van der Waals surface area (Å²) in [5.41, 5.74) is 0. The number of allylic oxidation sites excluding steroid dienone is 1. The molecule has 0 saturated heterocycles. The van der Waals surface area contributed by atoms with Crippen LogP contribution in [0.1, 0.15) is 33.6 Å². The Labute approximate surface area is 64.5 Å². The van der Waals surface area contributed by atoms with Gasteiger partial charge in [0, 0.05) is 6.54 Å². The molecular formula is C9H19N. The van der Waals surface area contributed by atoms with Gasteiger partial charge in [-0.15, -0.1) is 0 Å². The molecule has 0 aliphatic rings. The van der Waals surface area contributed by atoms with E-state index in [2.05, 4.69) is 38.4 Å². The zero-order chi connectivity index (χ0) is 7.82. The summed E-state index contributed by atoms with van der Waals surface area (Å²) < 4.78 is 0. The second-order valence-corrected chi connectivity index (χ2v) is 2.99. The molecule has 0 heterocycles. The molecule has 10 heavy (non-hydrogen) atoms. The molecule has 0 bridgehead atoms. The average Bonchev–Trinajstić information content (AvgIpc) is 1.87. The van der Waals surface area contributed by atoms with Crippen molar-refractivity contribution in [3.8, 4) is 0 Å². The molecule has 0 saturated carbocycles. The van der Waals surface area contributed by atoms with Crippen molar-refractivity contribution in [2.75, 3.05) is 6.54 Å². The lowest BCUT2D eigenvalue weighted by Crippen LogP contribution is -2.04. The summed E-state index contributed by atoms with van der Waals surface area (Å²) in [6.45, 7) is 7.71. The van der Waals surface area contributed by atoms with E-state index in [-0.39, 0.29) is 0 Å². The maximum Gasteiger partial charge on any atom is 0.0138 e. The van der Waals surface area contributed by atoms with E-state index < -0.39 is 0 Å². The third-order valence-electron chi connectivity index (χ3n) is 1.24. The lowest BCUT2D eigenvalue weighted by atomic mass is 10.1. The summed E-state index contributed by atoms with van der Waals surface area (Å²) in [6, 6.07) is 0. The summed E-state index contributed by atoms with van der Waals surface area (Å²) in [7, 11) is 0. The molecule has 0 spiro atoms. The van der Waals surface area contributed by atoms with Crippen LogP contribution in [0, 0.1) is 5.92 Å². The fourth-order valence-electron chi connectivity index (χ4n) is 0.651. The normalized spacial score (nSPS) is 11.2. The highest BCUT2D eigenvalue weighted by Crippen LogP contribution is 1.98. The van der Waals surface area contributed by atoms with E-state index in [1.54, 1.807) is 0 Å². The van der Waals surface area contributed by atoms with Crippen molar-refractivity contribution in [2.45, 2.75) is 33.6 Å². The zero-order valence-electron chi connectivity index (χ0n) is 7.35. The van der Waals surface area contributed by atoms with Crippen molar-refractivity contribution in [1.82, 2.24) is 5.32 Å². The van der Waals surface area contributed by atoms with Gasteiger partial charge in [-0.1, -0.05) is 26.8 Å². The maximum atomic E-state index is 3.21. The second-order valence-electron chi connectivity index (χ2n) is 2.99. The molecule has 1 heteroatoms. The largest absolute Gasteiger partial charge is 0.391 e. The number of hydrogen-bond donors (Lipinski definition) is 1. The van der Waals surface area contributed by atoms with Crippen molar-refractivity contribution in [3.63, 3.8) is 0 Å². The molecule has 0 unspecified atom stereocenters. The minimum Gasteiger partial charge on any atom is -0.391 e. The Morgan fingerprint density at radius 2 is 2.10 bits per heavy atom. The first-order chi connectivity index (χ1) is 4.77. The van der Waals surface area contributed by atoms with E-state index in [0.29, 0.717) is 0 Å². The van der Waals surface area contributed by atoms with Crippen LogP contribution in [-0.2, 0) is 0 Å². The molecule has 0 rings (SSSR count). The van der Waals surface area contributed by atoms with Gasteiger partial charge in [-0.2, -0.15) is 0 Å². The molecule has 0 amide bonds. The monoisotopic (exact) mass is 141 g/mol. The summed E-state index contributed by atoms with van der Waals surface area (Å²) >= 11 is 0. The lowest BCUT2D eigenvalue weighted by molar-refractivity contribution is 0.660. The van der Waals surface area contributed by atoms with Gasteiger partial charge >= 0.3 is 0 Å². The number of nitrogens with one attached hydrogen (secondary N) is 1. The molecule has 60 valence electrons. The van der Waals surface area contributed by atoms with Crippen LogP contribution in [0.25, 0.3) is 0 Å². The van der Waals surface area contributed by atoms with Gasteiger partial charge in [0.25, 0.3) is 0 Å². The Kier molecular flexibility index (Phi) is 6.35. The van der Waals surface area contributed by atoms with Crippen LogP contribution in [-0.4, -0.2) is 6.54 Å². The number of rotatable bonds is 5. The Hall–Kier alpha value is -0.460. The topological polar surface area (TPSA) is 12.0 Å². The fraction of sp³-hybridized carbons (Fsp3) is 0.778. The minimum atomic E-state index is 0.777. The van der Waals surface area contributed by atoms with Crippen LogP contribution in [0.5, 0.6) is 0 Å². The van der Waals surface area contributed by atoms with Crippen molar-refractivity contribution >= 4 is 0 Å². The molecule has 1 nitrogen and oxygen atoms in total. The van der Waals surface area contributed by atoms with E-state index in [4.69, 9.17) is 0 Å². The first-order valence-corrected chi connectivity index (χ1v) is 4.15. The Bertz CT molecular complexity index is 84.7. The molecule has 0 aliphatic heterocycles. The van der Waals surface area contributed by atoms with Gasteiger partial charge in [-0.05, 0) is 25.0 Å². The highest BCUT2D eigenvalue weighted by Gasteiger charge is 1.85.